The Morgan fingerprint density at radius 1 is 1.43 bits per heavy atom. The highest BCUT2D eigenvalue weighted by atomic mass is 28.4. The van der Waals surface area contributed by atoms with Crippen molar-refractivity contribution in [3.8, 4) is 0 Å². The average Bonchev–Trinajstić information content (AvgIpc) is 2.33. The molecule has 4 heteroatoms. The highest BCUT2D eigenvalue weighted by Gasteiger charge is 2.41. The zero-order valence-electron chi connectivity index (χ0n) is 14.2. The van der Waals surface area contributed by atoms with Crippen LogP contribution in [0.3, 0.4) is 0 Å². The van der Waals surface area contributed by atoms with Crippen LogP contribution in [0.5, 0.6) is 0 Å². The van der Waals surface area contributed by atoms with Crippen LogP contribution in [0.15, 0.2) is 23.8 Å². The lowest BCUT2D eigenvalue weighted by Crippen LogP contribution is -2.45. The molecule has 0 bridgehead atoms. The molecule has 1 aliphatic rings. The van der Waals surface area contributed by atoms with Crippen molar-refractivity contribution >= 4 is 8.32 Å². The van der Waals surface area contributed by atoms with Crippen LogP contribution in [0.2, 0.25) is 18.1 Å². The summed E-state index contributed by atoms with van der Waals surface area (Å²) >= 11 is 0. The van der Waals surface area contributed by atoms with E-state index in [2.05, 4.69) is 40.4 Å². The lowest BCUT2D eigenvalue weighted by Gasteiger charge is -2.42. The van der Waals surface area contributed by atoms with Crippen LogP contribution >= 0.6 is 0 Å². The van der Waals surface area contributed by atoms with Crippen LogP contribution in [0, 0.1) is 5.92 Å². The standard InChI is InChI=1S/C17H31FO2Si/c1-13-14(7-9-18)11-16(12-15(13)8-10-19)20-21(5,6)17(2,3)4/h8,14,16,19H,1,7,9-12H2,2-6H3/b15-8-/t14-,16-/m0/s1. The quantitative estimate of drug-likeness (QED) is 0.750. The van der Waals surface area contributed by atoms with Crippen molar-refractivity contribution in [2.75, 3.05) is 13.3 Å². The normalized spacial score (nSPS) is 26.4. The minimum Gasteiger partial charge on any atom is -0.414 e. The first kappa shape index (κ1) is 18.6. The molecule has 0 saturated heterocycles. The van der Waals surface area contributed by atoms with Crippen molar-refractivity contribution in [1.29, 1.82) is 0 Å². The minimum absolute atomic E-state index is 0.00348. The Morgan fingerprint density at radius 2 is 2.05 bits per heavy atom. The molecule has 2 nitrogen and oxygen atoms in total. The molecule has 0 aliphatic heterocycles. The number of rotatable bonds is 5. The summed E-state index contributed by atoms with van der Waals surface area (Å²) in [6.45, 7) is 14.9. The lowest BCUT2D eigenvalue weighted by atomic mass is 9.78. The van der Waals surface area contributed by atoms with Gasteiger partial charge in [-0.25, -0.2) is 0 Å². The fraction of sp³-hybridized carbons (Fsp3) is 0.765. The van der Waals surface area contributed by atoms with Gasteiger partial charge in [-0.2, -0.15) is 0 Å². The van der Waals surface area contributed by atoms with Gasteiger partial charge >= 0.3 is 0 Å². The van der Waals surface area contributed by atoms with E-state index in [-0.39, 0.29) is 30.3 Å². The molecule has 122 valence electrons. The van der Waals surface area contributed by atoms with Crippen molar-refractivity contribution in [2.45, 2.75) is 64.3 Å². The van der Waals surface area contributed by atoms with Crippen LogP contribution in [-0.4, -0.2) is 32.8 Å². The highest BCUT2D eigenvalue weighted by Crippen LogP contribution is 2.42. The van der Waals surface area contributed by atoms with Gasteiger partial charge in [0.15, 0.2) is 8.32 Å². The zero-order valence-corrected chi connectivity index (χ0v) is 15.2. The summed E-state index contributed by atoms with van der Waals surface area (Å²) in [5.74, 6) is 0.135. The van der Waals surface area contributed by atoms with E-state index < -0.39 is 8.32 Å². The Kier molecular flexibility index (Phi) is 6.38. The maximum atomic E-state index is 12.8. The Morgan fingerprint density at radius 3 is 2.52 bits per heavy atom. The Hall–Kier alpha value is -0.453. The second-order valence-electron chi connectivity index (χ2n) is 7.55. The molecule has 0 heterocycles. The van der Waals surface area contributed by atoms with Crippen LogP contribution in [0.4, 0.5) is 4.39 Å². The van der Waals surface area contributed by atoms with Crippen molar-refractivity contribution in [1.82, 2.24) is 0 Å². The molecule has 1 N–H and O–H groups in total. The largest absolute Gasteiger partial charge is 0.414 e. The van der Waals surface area contributed by atoms with E-state index in [1.54, 1.807) is 6.08 Å². The SMILES string of the molecule is C=C1/C(=C\CO)C[C@@H](O[Si](C)(C)C(C)(C)C)C[C@@H]1CCF. The molecule has 1 rings (SSSR count). The molecule has 1 saturated carbocycles. The van der Waals surface area contributed by atoms with E-state index in [1.807, 2.05) is 0 Å². The molecule has 0 unspecified atom stereocenters. The Labute approximate surface area is 130 Å². The van der Waals surface area contributed by atoms with Gasteiger partial charge in [0.05, 0.1) is 13.3 Å². The van der Waals surface area contributed by atoms with Gasteiger partial charge in [-0.3, -0.25) is 4.39 Å². The van der Waals surface area contributed by atoms with Gasteiger partial charge in [-0.05, 0) is 54.5 Å². The average molecular weight is 315 g/mol. The molecule has 0 radical (unpaired) electrons. The van der Waals surface area contributed by atoms with E-state index in [9.17, 15) is 9.50 Å². The van der Waals surface area contributed by atoms with Gasteiger partial charge in [0.2, 0.25) is 0 Å². The van der Waals surface area contributed by atoms with Gasteiger partial charge in [0.1, 0.15) is 0 Å². The third kappa shape index (κ3) is 4.76. The summed E-state index contributed by atoms with van der Waals surface area (Å²) in [6, 6.07) is 0. The third-order valence-corrected chi connectivity index (χ3v) is 9.50. The summed E-state index contributed by atoms with van der Waals surface area (Å²) in [6.07, 6.45) is 4.05. The van der Waals surface area contributed by atoms with Crippen molar-refractivity contribution < 1.29 is 13.9 Å². The molecular weight excluding hydrogens is 283 g/mol. The summed E-state index contributed by atoms with van der Waals surface area (Å²) in [4.78, 5) is 0. The first-order valence-electron chi connectivity index (χ1n) is 7.85. The maximum absolute atomic E-state index is 12.8. The Bertz CT molecular complexity index is 396. The van der Waals surface area contributed by atoms with E-state index in [0.29, 0.717) is 6.42 Å². The number of allylic oxidation sites excluding steroid dienone is 1. The van der Waals surface area contributed by atoms with Gasteiger partial charge in [-0.15, -0.1) is 0 Å². The summed E-state index contributed by atoms with van der Waals surface area (Å²) < 4.78 is 19.3. The van der Waals surface area contributed by atoms with Crippen molar-refractivity contribution in [3.05, 3.63) is 23.8 Å². The van der Waals surface area contributed by atoms with Gasteiger partial charge < -0.3 is 9.53 Å². The number of hydrogen-bond donors (Lipinski definition) is 1. The summed E-state index contributed by atoms with van der Waals surface area (Å²) in [7, 11) is -1.83. The molecule has 0 amide bonds. The van der Waals surface area contributed by atoms with E-state index >= 15 is 0 Å². The van der Waals surface area contributed by atoms with Gasteiger partial charge in [-0.1, -0.05) is 33.4 Å². The second-order valence-corrected chi connectivity index (χ2v) is 12.3. The second kappa shape index (κ2) is 7.21. The van der Waals surface area contributed by atoms with Crippen molar-refractivity contribution in [2.24, 2.45) is 5.92 Å². The molecule has 21 heavy (non-hydrogen) atoms. The number of hydrogen-bond acceptors (Lipinski definition) is 2. The molecule has 2 atom stereocenters. The highest BCUT2D eigenvalue weighted by molar-refractivity contribution is 6.74. The lowest BCUT2D eigenvalue weighted by molar-refractivity contribution is 0.141. The fourth-order valence-electron chi connectivity index (χ4n) is 2.61. The molecule has 0 spiro atoms. The number of aliphatic hydroxyl groups excluding tert-OH is 1. The predicted octanol–water partition coefficient (Wildman–Crippen LogP) is 4.62. The van der Waals surface area contributed by atoms with E-state index in [0.717, 1.165) is 24.0 Å². The zero-order chi connectivity index (χ0) is 16.3. The topological polar surface area (TPSA) is 29.5 Å². The predicted molar refractivity (Wildman–Crippen MR) is 89.7 cm³/mol. The summed E-state index contributed by atoms with van der Waals surface area (Å²) in [5, 5.41) is 9.34. The van der Waals surface area contributed by atoms with Crippen LogP contribution < -0.4 is 0 Å². The number of alkyl halides is 1. The van der Waals surface area contributed by atoms with E-state index in [4.69, 9.17) is 4.43 Å². The third-order valence-electron chi connectivity index (χ3n) is 4.96. The molecule has 1 aliphatic carbocycles. The van der Waals surface area contributed by atoms with E-state index in [1.165, 1.54) is 0 Å². The molecule has 0 aromatic carbocycles. The first-order chi connectivity index (χ1) is 9.62. The molecular formula is C17H31FO2Si. The molecule has 1 fully saturated rings. The van der Waals surface area contributed by atoms with Gasteiger partial charge in [0.25, 0.3) is 0 Å². The maximum Gasteiger partial charge on any atom is 0.192 e. The molecule has 0 aromatic heterocycles. The number of halogens is 1. The monoisotopic (exact) mass is 314 g/mol. The van der Waals surface area contributed by atoms with Gasteiger partial charge in [0, 0.05) is 6.10 Å². The Balaban J connectivity index is 2.88. The first-order valence-corrected chi connectivity index (χ1v) is 10.8. The van der Waals surface area contributed by atoms with Crippen molar-refractivity contribution in [3.63, 3.8) is 0 Å². The minimum atomic E-state index is -1.83. The smallest absolute Gasteiger partial charge is 0.192 e. The number of aliphatic hydroxyl groups is 1. The summed E-state index contributed by atoms with van der Waals surface area (Å²) in [5.41, 5.74) is 2.03. The van der Waals surface area contributed by atoms with Crippen LogP contribution in [0.25, 0.3) is 0 Å². The van der Waals surface area contributed by atoms with Crippen LogP contribution in [0.1, 0.15) is 40.0 Å². The fourth-order valence-corrected chi connectivity index (χ4v) is 3.98. The van der Waals surface area contributed by atoms with Crippen LogP contribution in [-0.2, 0) is 4.43 Å². The molecule has 0 aromatic rings.